The van der Waals surface area contributed by atoms with Crippen molar-refractivity contribution in [2.75, 3.05) is 43.5 Å². The summed E-state index contributed by atoms with van der Waals surface area (Å²) in [5.41, 5.74) is 1.19. The number of ether oxygens (including phenoxy) is 1. The number of sulfonamides is 1. The van der Waals surface area contributed by atoms with Crippen molar-refractivity contribution in [2.24, 2.45) is 0 Å². The van der Waals surface area contributed by atoms with E-state index in [1.54, 1.807) is 12.3 Å². The van der Waals surface area contributed by atoms with Gasteiger partial charge in [-0.05, 0) is 56.0 Å². The van der Waals surface area contributed by atoms with Gasteiger partial charge in [-0.3, -0.25) is 4.79 Å². The van der Waals surface area contributed by atoms with Gasteiger partial charge in [-0.25, -0.2) is 13.4 Å². The van der Waals surface area contributed by atoms with Crippen molar-refractivity contribution >= 4 is 27.4 Å². The van der Waals surface area contributed by atoms with Crippen LogP contribution >= 0.6 is 0 Å². The predicted octanol–water partition coefficient (Wildman–Crippen LogP) is 3.51. The normalized spacial score (nSPS) is 17.7. The van der Waals surface area contributed by atoms with Gasteiger partial charge in [-0.1, -0.05) is 12.8 Å². The van der Waals surface area contributed by atoms with Crippen molar-refractivity contribution in [3.8, 4) is 5.75 Å². The predicted molar refractivity (Wildman–Crippen MR) is 124 cm³/mol. The van der Waals surface area contributed by atoms with Crippen LogP contribution in [-0.4, -0.2) is 56.9 Å². The minimum Gasteiger partial charge on any atom is -0.496 e. The van der Waals surface area contributed by atoms with E-state index < -0.39 is 15.9 Å². The van der Waals surface area contributed by atoms with E-state index in [0.29, 0.717) is 24.7 Å². The molecule has 1 aromatic carbocycles. The fraction of sp³-hybridized carbons (Fsp3) is 0.478. The Morgan fingerprint density at radius 2 is 1.66 bits per heavy atom. The smallest absolute Gasteiger partial charge is 0.260 e. The van der Waals surface area contributed by atoms with Crippen molar-refractivity contribution in [1.29, 1.82) is 0 Å². The zero-order valence-corrected chi connectivity index (χ0v) is 19.2. The monoisotopic (exact) mass is 458 g/mol. The van der Waals surface area contributed by atoms with Gasteiger partial charge in [0.2, 0.25) is 10.0 Å². The van der Waals surface area contributed by atoms with Gasteiger partial charge < -0.3 is 15.0 Å². The molecule has 1 aromatic heterocycles. The summed E-state index contributed by atoms with van der Waals surface area (Å²) in [6.45, 7) is 3.04. The van der Waals surface area contributed by atoms with Crippen LogP contribution in [0.2, 0.25) is 0 Å². The summed E-state index contributed by atoms with van der Waals surface area (Å²) in [4.78, 5) is 19.7. The number of amides is 1. The first-order valence-electron chi connectivity index (χ1n) is 11.2. The first kappa shape index (κ1) is 22.5. The molecule has 0 saturated carbocycles. The molecule has 9 heteroatoms. The lowest BCUT2D eigenvalue weighted by atomic mass is 10.2. The minimum atomic E-state index is -3.68. The highest BCUT2D eigenvalue weighted by atomic mass is 32.2. The minimum absolute atomic E-state index is 0.0997. The lowest BCUT2D eigenvalue weighted by molar-refractivity contribution is 0.102. The molecule has 0 aliphatic carbocycles. The van der Waals surface area contributed by atoms with Gasteiger partial charge in [0.15, 0.2) is 0 Å². The molecule has 0 atom stereocenters. The molecule has 2 aliphatic heterocycles. The molecule has 8 nitrogen and oxygen atoms in total. The number of rotatable bonds is 6. The van der Waals surface area contributed by atoms with Gasteiger partial charge >= 0.3 is 0 Å². The van der Waals surface area contributed by atoms with Crippen LogP contribution in [0.15, 0.2) is 41.4 Å². The number of carbonyl (C=O) groups excluding carboxylic acids is 1. The summed E-state index contributed by atoms with van der Waals surface area (Å²) < 4.78 is 33.2. The zero-order valence-electron chi connectivity index (χ0n) is 18.4. The number of nitrogens with zero attached hydrogens (tertiary/aromatic N) is 3. The molecule has 2 aromatic rings. The molecule has 0 spiro atoms. The summed E-state index contributed by atoms with van der Waals surface area (Å²) in [5, 5.41) is 2.76. The fourth-order valence-electron chi connectivity index (χ4n) is 4.26. The Kier molecular flexibility index (Phi) is 6.95. The number of pyridine rings is 1. The Balaban J connectivity index is 1.54. The largest absolute Gasteiger partial charge is 0.496 e. The topological polar surface area (TPSA) is 91.8 Å². The molecule has 0 radical (unpaired) electrons. The van der Waals surface area contributed by atoms with E-state index in [9.17, 15) is 13.2 Å². The molecular weight excluding hydrogens is 428 g/mol. The highest BCUT2D eigenvalue weighted by molar-refractivity contribution is 7.89. The Hall–Kier alpha value is -2.65. The SMILES string of the molecule is COc1ccc(S(=O)(=O)N2CCCCCC2)cc1C(=O)Nc1ccc(N2CCCC2)cn1. The van der Waals surface area contributed by atoms with Crippen LogP contribution in [0.25, 0.3) is 0 Å². The number of anilines is 2. The van der Waals surface area contributed by atoms with Crippen LogP contribution in [0.5, 0.6) is 5.75 Å². The lowest BCUT2D eigenvalue weighted by Gasteiger charge is -2.20. The number of nitrogens with one attached hydrogen (secondary N) is 1. The van der Waals surface area contributed by atoms with Crippen LogP contribution in [0.4, 0.5) is 11.5 Å². The molecular formula is C23H30N4O4S. The maximum absolute atomic E-state index is 13.2. The summed E-state index contributed by atoms with van der Waals surface area (Å²) in [6, 6.07) is 8.12. The van der Waals surface area contributed by atoms with Crippen LogP contribution in [0.3, 0.4) is 0 Å². The third-order valence-corrected chi connectivity index (χ3v) is 7.97. The highest BCUT2D eigenvalue weighted by Gasteiger charge is 2.27. The number of hydrogen-bond donors (Lipinski definition) is 1. The molecule has 1 N–H and O–H groups in total. The average Bonchev–Trinajstić information content (AvgIpc) is 3.20. The van der Waals surface area contributed by atoms with E-state index in [1.165, 1.54) is 42.5 Å². The van der Waals surface area contributed by atoms with Crippen molar-refractivity contribution in [1.82, 2.24) is 9.29 Å². The van der Waals surface area contributed by atoms with Crippen LogP contribution in [0.1, 0.15) is 48.9 Å². The number of methoxy groups -OCH3 is 1. The van der Waals surface area contributed by atoms with E-state index >= 15 is 0 Å². The second-order valence-electron chi connectivity index (χ2n) is 8.23. The zero-order chi connectivity index (χ0) is 22.6. The van der Waals surface area contributed by atoms with Crippen LogP contribution < -0.4 is 15.0 Å². The van der Waals surface area contributed by atoms with Gasteiger partial charge in [0.1, 0.15) is 11.6 Å². The average molecular weight is 459 g/mol. The van der Waals surface area contributed by atoms with E-state index in [-0.39, 0.29) is 10.5 Å². The van der Waals surface area contributed by atoms with Gasteiger partial charge in [-0.15, -0.1) is 0 Å². The Morgan fingerprint density at radius 1 is 0.969 bits per heavy atom. The van der Waals surface area contributed by atoms with Crippen molar-refractivity contribution in [3.63, 3.8) is 0 Å². The van der Waals surface area contributed by atoms with Gasteiger partial charge in [-0.2, -0.15) is 4.31 Å². The second kappa shape index (κ2) is 9.87. The summed E-state index contributed by atoms with van der Waals surface area (Å²) in [5.74, 6) is 0.253. The van der Waals surface area contributed by atoms with E-state index in [1.807, 2.05) is 6.07 Å². The summed E-state index contributed by atoms with van der Waals surface area (Å²) >= 11 is 0. The number of aromatic nitrogens is 1. The molecule has 2 aliphatic rings. The van der Waals surface area contributed by atoms with E-state index in [0.717, 1.165) is 44.5 Å². The summed E-state index contributed by atoms with van der Waals surface area (Å²) in [6.07, 6.45) is 7.86. The maximum Gasteiger partial charge on any atom is 0.260 e. The molecule has 4 rings (SSSR count). The van der Waals surface area contributed by atoms with E-state index in [4.69, 9.17) is 4.74 Å². The highest BCUT2D eigenvalue weighted by Crippen LogP contribution is 2.27. The molecule has 3 heterocycles. The number of hydrogen-bond acceptors (Lipinski definition) is 6. The first-order valence-corrected chi connectivity index (χ1v) is 12.6. The van der Waals surface area contributed by atoms with Crippen molar-refractivity contribution in [2.45, 2.75) is 43.4 Å². The molecule has 32 heavy (non-hydrogen) atoms. The van der Waals surface area contributed by atoms with Gasteiger partial charge in [0.25, 0.3) is 5.91 Å². The van der Waals surface area contributed by atoms with Crippen LogP contribution in [-0.2, 0) is 10.0 Å². The summed E-state index contributed by atoms with van der Waals surface area (Å²) in [7, 11) is -2.22. The van der Waals surface area contributed by atoms with Gasteiger partial charge in [0, 0.05) is 26.2 Å². The van der Waals surface area contributed by atoms with Crippen molar-refractivity contribution in [3.05, 3.63) is 42.1 Å². The third-order valence-electron chi connectivity index (χ3n) is 6.08. The standard InChI is InChI=1S/C23H30N4O4S/c1-31-21-10-9-19(32(29,30)27-14-4-2-3-5-15-27)16-20(21)23(28)25-22-11-8-18(17-24-22)26-12-6-7-13-26/h8-11,16-17H,2-7,12-15H2,1H3,(H,24,25,28). The van der Waals surface area contributed by atoms with Gasteiger partial charge in [0.05, 0.1) is 29.5 Å². The fourth-order valence-corrected chi connectivity index (χ4v) is 5.81. The maximum atomic E-state index is 13.2. The van der Waals surface area contributed by atoms with Crippen molar-refractivity contribution < 1.29 is 17.9 Å². The molecule has 1 amide bonds. The first-order chi connectivity index (χ1) is 15.5. The second-order valence-corrected chi connectivity index (χ2v) is 10.2. The van der Waals surface area contributed by atoms with E-state index in [2.05, 4.69) is 15.2 Å². The molecule has 2 saturated heterocycles. The molecule has 172 valence electrons. The molecule has 0 unspecified atom stereocenters. The Labute approximate surface area is 189 Å². The molecule has 2 fully saturated rings. The quantitative estimate of drug-likeness (QED) is 0.712. The van der Waals surface area contributed by atoms with Crippen LogP contribution in [0, 0.1) is 0 Å². The Bertz CT molecular complexity index is 1040. The third kappa shape index (κ3) is 4.88. The lowest BCUT2D eigenvalue weighted by Crippen LogP contribution is -2.32. The Morgan fingerprint density at radius 3 is 2.28 bits per heavy atom. The number of carbonyl (C=O) groups is 1. The number of benzene rings is 1. The molecule has 0 bridgehead atoms.